The number of aromatic nitrogens is 1. The van der Waals surface area contributed by atoms with Gasteiger partial charge in [0.1, 0.15) is 9.79 Å². The Balaban J connectivity index is 0.000000188. The van der Waals surface area contributed by atoms with Crippen LogP contribution in [0.5, 0.6) is 0 Å². The van der Waals surface area contributed by atoms with E-state index in [9.17, 15) is 26.4 Å². The molecule has 6 N–H and O–H groups in total. The molecule has 2 bridgehead atoms. The van der Waals surface area contributed by atoms with Gasteiger partial charge in [-0.3, -0.25) is 15.2 Å². The fourth-order valence-corrected chi connectivity index (χ4v) is 8.98. The molecule has 6 rings (SSSR count). The average Bonchev–Trinajstić information content (AvgIpc) is 3.71. The molecule has 3 aromatic rings. The summed E-state index contributed by atoms with van der Waals surface area (Å²) in [6, 6.07) is 12.2. The Bertz CT molecular complexity index is 1890. The van der Waals surface area contributed by atoms with Gasteiger partial charge in [0.05, 0.1) is 10.7 Å². The van der Waals surface area contributed by atoms with Crippen LogP contribution in [0.25, 0.3) is 0 Å². The van der Waals surface area contributed by atoms with Gasteiger partial charge in [0.2, 0.25) is 10.0 Å². The van der Waals surface area contributed by atoms with E-state index in [1.807, 2.05) is 40.9 Å². The third-order valence-electron chi connectivity index (χ3n) is 8.91. The second kappa shape index (κ2) is 14.4. The van der Waals surface area contributed by atoms with Gasteiger partial charge in [-0.05, 0) is 106 Å². The Labute approximate surface area is 286 Å². The van der Waals surface area contributed by atoms with Crippen molar-refractivity contribution in [3.05, 3.63) is 77.1 Å². The number of amides is 3. The number of anilines is 2. The number of fused-ring (bicyclic) bond motifs is 5. The van der Waals surface area contributed by atoms with Crippen molar-refractivity contribution < 1.29 is 26.4 Å². The van der Waals surface area contributed by atoms with E-state index in [0.717, 1.165) is 36.2 Å². The summed E-state index contributed by atoms with van der Waals surface area (Å²) in [6.07, 6.45) is 6.67. The average molecular weight is 718 g/mol. The lowest BCUT2D eigenvalue weighted by atomic mass is 9.82. The number of sulfonamides is 2. The third kappa shape index (κ3) is 8.44. The topological polar surface area (TPSA) is 193 Å². The van der Waals surface area contributed by atoms with Crippen molar-refractivity contribution in [2.24, 2.45) is 28.8 Å². The Morgan fingerprint density at radius 2 is 1.67 bits per heavy atom. The molecule has 3 amide bonds. The molecule has 2 saturated carbocycles. The Morgan fingerprint density at radius 1 is 0.979 bits per heavy atom. The van der Waals surface area contributed by atoms with Crippen LogP contribution in [0.3, 0.4) is 0 Å². The van der Waals surface area contributed by atoms with Gasteiger partial charge in [-0.1, -0.05) is 23.7 Å². The monoisotopic (exact) mass is 717 g/mol. The first-order valence-corrected chi connectivity index (χ1v) is 19.0. The summed E-state index contributed by atoms with van der Waals surface area (Å²) in [5, 5.41) is 12.6. The number of aryl methyl sites for hydroxylation is 1. The molecule has 258 valence electrons. The number of hydrazine groups is 1. The first-order chi connectivity index (χ1) is 22.6. The highest BCUT2D eigenvalue weighted by atomic mass is 35.5. The molecule has 1 saturated heterocycles. The lowest BCUT2D eigenvalue weighted by Gasteiger charge is -2.22. The van der Waals surface area contributed by atoms with Crippen LogP contribution < -0.4 is 25.9 Å². The van der Waals surface area contributed by atoms with Crippen LogP contribution in [0.1, 0.15) is 49.0 Å². The number of urea groups is 1. The van der Waals surface area contributed by atoms with Gasteiger partial charge in [-0.2, -0.15) is 0 Å². The number of benzene rings is 2. The zero-order valence-corrected chi connectivity index (χ0v) is 29.2. The van der Waals surface area contributed by atoms with Crippen molar-refractivity contribution in [1.29, 1.82) is 0 Å². The van der Waals surface area contributed by atoms with E-state index in [0.29, 0.717) is 17.5 Å². The van der Waals surface area contributed by atoms with Crippen LogP contribution in [-0.2, 0) is 20.0 Å². The number of carbonyl (C=O) groups excluding carboxylic acids is 2. The summed E-state index contributed by atoms with van der Waals surface area (Å²) in [5.41, 5.74) is 5.25. The predicted octanol–water partition coefficient (Wildman–Crippen LogP) is 4.14. The molecule has 2 heterocycles. The fraction of sp³-hybridized carbons (Fsp3) is 0.406. The highest BCUT2D eigenvalue weighted by Crippen LogP contribution is 2.54. The maximum absolute atomic E-state index is 12.5. The first kappa shape index (κ1) is 35.5. The van der Waals surface area contributed by atoms with E-state index in [2.05, 4.69) is 21.0 Å². The smallest absolute Gasteiger partial charge is 0.328 e. The lowest BCUT2D eigenvalue weighted by Crippen LogP contribution is -2.42. The third-order valence-corrected chi connectivity index (χ3v) is 11.7. The molecule has 13 nitrogen and oxygen atoms in total. The van der Waals surface area contributed by atoms with Gasteiger partial charge in [-0.15, -0.1) is 0 Å². The Kier molecular flexibility index (Phi) is 10.7. The molecule has 4 atom stereocenters. The fourth-order valence-electron chi connectivity index (χ4n) is 6.89. The minimum Gasteiger partial charge on any atom is -0.354 e. The molecule has 0 radical (unpaired) electrons. The molecule has 3 fully saturated rings. The molecule has 0 unspecified atom stereocenters. The summed E-state index contributed by atoms with van der Waals surface area (Å²) in [6.45, 7) is 7.18. The van der Waals surface area contributed by atoms with Crippen molar-refractivity contribution in [2.75, 3.05) is 18.4 Å². The minimum absolute atomic E-state index is 0.0151. The number of hydrogen-bond acceptors (Lipinski definition) is 9. The summed E-state index contributed by atoms with van der Waals surface area (Å²) in [5.74, 6) is 2.67. The second-order valence-corrected chi connectivity index (χ2v) is 16.4. The van der Waals surface area contributed by atoms with Crippen LogP contribution in [0.2, 0.25) is 5.02 Å². The molecule has 1 aliphatic heterocycles. The van der Waals surface area contributed by atoms with Gasteiger partial charge >= 0.3 is 6.03 Å². The Hall–Kier alpha value is -3.76. The van der Waals surface area contributed by atoms with E-state index in [-0.39, 0.29) is 32.3 Å². The van der Waals surface area contributed by atoms with Gasteiger partial charge in [0, 0.05) is 42.8 Å². The van der Waals surface area contributed by atoms with Crippen molar-refractivity contribution in [3.63, 3.8) is 0 Å². The number of rotatable bonds is 8. The summed E-state index contributed by atoms with van der Waals surface area (Å²) >= 11 is 5.86. The number of nitrogens with one attached hydrogen (secondary N) is 4. The van der Waals surface area contributed by atoms with E-state index in [4.69, 9.17) is 16.7 Å². The highest BCUT2D eigenvalue weighted by molar-refractivity contribution is 7.90. The van der Waals surface area contributed by atoms with Crippen LogP contribution in [0.4, 0.5) is 16.2 Å². The standard InChI is InChI=1S/C16H20ClN3O3S.C16H20N4O3S/c17-14-4-3-11(6-15(14)24(18,22)23)16(21)19-20-7-12-9-1-2-10(5-9)13(12)8-20;1-11(2)18-16(21)20-24(22,23)15-10-17-8-7-14(15)19-13-6-4-5-12(3)9-13/h3-4,6,9-10,12-13H,1-2,5,7-8H2,(H,19,21)(H2,18,22,23);4-11H,1-3H3,(H,17,19)(H2,18,20,21)/t9-,10+,12+,13-;. The molecular formula is C32H40ClN7O6S2. The number of hydrogen-bond donors (Lipinski definition) is 5. The van der Waals surface area contributed by atoms with Crippen LogP contribution in [0.15, 0.2) is 70.7 Å². The van der Waals surface area contributed by atoms with Gasteiger partial charge in [0.25, 0.3) is 15.9 Å². The van der Waals surface area contributed by atoms with Gasteiger partial charge in [-0.25, -0.2) is 36.5 Å². The van der Waals surface area contributed by atoms with E-state index >= 15 is 0 Å². The van der Waals surface area contributed by atoms with Crippen molar-refractivity contribution in [3.8, 4) is 0 Å². The molecule has 16 heteroatoms. The second-order valence-electron chi connectivity index (χ2n) is 12.8. The zero-order chi connectivity index (χ0) is 34.8. The van der Waals surface area contributed by atoms with Crippen LogP contribution in [0, 0.1) is 30.6 Å². The normalized spacial score (nSPS) is 21.6. The number of carbonyl (C=O) groups is 2. The summed E-state index contributed by atoms with van der Waals surface area (Å²) in [4.78, 5) is 27.7. The molecule has 0 spiro atoms. The number of nitrogens with two attached hydrogens (primary N) is 1. The zero-order valence-electron chi connectivity index (χ0n) is 26.8. The van der Waals surface area contributed by atoms with Gasteiger partial charge < -0.3 is 10.6 Å². The van der Waals surface area contributed by atoms with Crippen molar-refractivity contribution in [1.82, 2.24) is 25.5 Å². The number of halogens is 1. The predicted molar refractivity (Wildman–Crippen MR) is 182 cm³/mol. The summed E-state index contributed by atoms with van der Waals surface area (Å²) in [7, 11) is -8.01. The maximum Gasteiger partial charge on any atom is 0.328 e. The van der Waals surface area contributed by atoms with Crippen LogP contribution >= 0.6 is 11.6 Å². The van der Waals surface area contributed by atoms with Gasteiger partial charge in [0.15, 0.2) is 0 Å². The van der Waals surface area contributed by atoms with Crippen LogP contribution in [-0.4, -0.2) is 57.9 Å². The SMILES string of the molecule is Cc1cccc(Nc2ccncc2S(=O)(=O)NC(=O)NC(C)C)c1.NS(=O)(=O)c1cc(C(=O)NN2C[C@@H]3[C@H]4CC[C@H](C4)[C@@H]3C2)ccc1Cl. The van der Waals surface area contributed by atoms with Crippen molar-refractivity contribution >= 4 is 55.0 Å². The first-order valence-electron chi connectivity index (χ1n) is 15.6. The molecule has 3 aliphatic rings. The number of primary sulfonamides is 1. The number of nitrogens with zero attached hydrogens (tertiary/aromatic N) is 2. The number of pyridine rings is 1. The summed E-state index contributed by atoms with van der Waals surface area (Å²) < 4.78 is 50.0. The molecule has 1 aromatic heterocycles. The van der Waals surface area contributed by atoms with E-state index in [1.165, 1.54) is 55.9 Å². The van der Waals surface area contributed by atoms with E-state index in [1.54, 1.807) is 13.8 Å². The molecular weight excluding hydrogens is 678 g/mol. The molecule has 48 heavy (non-hydrogen) atoms. The quantitative estimate of drug-likeness (QED) is 0.228. The lowest BCUT2D eigenvalue weighted by molar-refractivity contribution is 0.0809. The Morgan fingerprint density at radius 3 is 2.29 bits per heavy atom. The highest BCUT2D eigenvalue weighted by Gasteiger charge is 2.51. The maximum atomic E-state index is 12.5. The molecule has 2 aliphatic carbocycles. The largest absolute Gasteiger partial charge is 0.354 e. The van der Waals surface area contributed by atoms with E-state index < -0.39 is 26.1 Å². The van der Waals surface area contributed by atoms with Crippen molar-refractivity contribution in [2.45, 2.75) is 55.9 Å². The minimum atomic E-state index is -4.05. The molecule has 2 aromatic carbocycles.